The van der Waals surface area contributed by atoms with Crippen LogP contribution in [0.15, 0.2) is 0 Å². The maximum Gasteiger partial charge on any atom is 0.0918 e. The van der Waals surface area contributed by atoms with Gasteiger partial charge in [-0.15, -0.1) is 0 Å². The third kappa shape index (κ3) is 1.44. The van der Waals surface area contributed by atoms with Gasteiger partial charge in [-0.3, -0.25) is 4.68 Å². The Hall–Kier alpha value is -0.870. The molecule has 0 unspecified atom stereocenters. The Bertz CT molecular complexity index is 330. The lowest BCUT2D eigenvalue weighted by Crippen LogP contribution is -2.13. The number of rotatable bonds is 2. The van der Waals surface area contributed by atoms with Crippen LogP contribution in [-0.4, -0.2) is 16.4 Å². The molecule has 0 bridgehead atoms. The molecule has 2 rings (SSSR count). The first-order chi connectivity index (χ1) is 6.74. The molecule has 0 spiro atoms. The number of aromatic nitrogens is 2. The van der Waals surface area contributed by atoms with Gasteiger partial charge in [-0.2, -0.15) is 5.10 Å². The average Bonchev–Trinajstić information content (AvgIpc) is 2.56. The molecule has 2 heterocycles. The van der Waals surface area contributed by atoms with Crippen LogP contribution in [-0.2, 0) is 24.3 Å². The molecule has 78 valence electrons. The first kappa shape index (κ1) is 9.68. The summed E-state index contributed by atoms with van der Waals surface area (Å²) < 4.78 is 7.40. The zero-order valence-electron chi connectivity index (χ0n) is 8.79. The van der Waals surface area contributed by atoms with E-state index in [1.807, 2.05) is 4.68 Å². The van der Waals surface area contributed by atoms with Crippen molar-refractivity contribution in [3.63, 3.8) is 0 Å². The van der Waals surface area contributed by atoms with E-state index in [1.54, 1.807) is 0 Å². The van der Waals surface area contributed by atoms with E-state index in [0.29, 0.717) is 19.2 Å². The first-order valence-corrected chi connectivity index (χ1v) is 5.11. The summed E-state index contributed by atoms with van der Waals surface area (Å²) in [5.41, 5.74) is 9.32. The Balaban J connectivity index is 2.46. The lowest BCUT2D eigenvalue weighted by Gasteiger charge is -2.12. The van der Waals surface area contributed by atoms with Crippen molar-refractivity contribution in [2.75, 3.05) is 6.61 Å². The van der Waals surface area contributed by atoms with Crippen molar-refractivity contribution in [3.05, 3.63) is 17.0 Å². The van der Waals surface area contributed by atoms with Crippen molar-refractivity contribution in [1.29, 1.82) is 0 Å². The quantitative estimate of drug-likeness (QED) is 0.765. The second-order valence-corrected chi connectivity index (χ2v) is 3.92. The molecule has 0 fully saturated rings. The van der Waals surface area contributed by atoms with Gasteiger partial charge in [-0.05, 0) is 20.3 Å². The molecule has 1 aromatic rings. The SMILES string of the molecule is CC(C)n1nc2c(c1CN)CCOC2. The van der Waals surface area contributed by atoms with Crippen LogP contribution in [0.25, 0.3) is 0 Å². The van der Waals surface area contributed by atoms with Crippen molar-refractivity contribution in [3.8, 4) is 0 Å². The zero-order valence-corrected chi connectivity index (χ0v) is 8.79. The molecule has 0 aromatic carbocycles. The highest BCUT2D eigenvalue weighted by atomic mass is 16.5. The van der Waals surface area contributed by atoms with Crippen molar-refractivity contribution in [1.82, 2.24) is 9.78 Å². The molecule has 14 heavy (non-hydrogen) atoms. The van der Waals surface area contributed by atoms with Crippen LogP contribution in [0.4, 0.5) is 0 Å². The summed E-state index contributed by atoms with van der Waals surface area (Å²) in [4.78, 5) is 0. The lowest BCUT2D eigenvalue weighted by molar-refractivity contribution is 0.107. The van der Waals surface area contributed by atoms with E-state index in [1.165, 1.54) is 11.3 Å². The molecule has 0 atom stereocenters. The van der Waals surface area contributed by atoms with E-state index in [-0.39, 0.29) is 0 Å². The fourth-order valence-corrected chi connectivity index (χ4v) is 1.95. The molecule has 0 saturated carbocycles. The Kier molecular flexibility index (Phi) is 2.56. The van der Waals surface area contributed by atoms with Crippen LogP contribution in [0.3, 0.4) is 0 Å². The highest BCUT2D eigenvalue weighted by molar-refractivity contribution is 5.28. The molecule has 0 amide bonds. The molecule has 0 saturated heterocycles. The summed E-state index contributed by atoms with van der Waals surface area (Å²) in [5, 5.41) is 4.53. The fraction of sp³-hybridized carbons (Fsp3) is 0.700. The van der Waals surface area contributed by atoms with Gasteiger partial charge in [0.05, 0.1) is 24.6 Å². The van der Waals surface area contributed by atoms with Gasteiger partial charge >= 0.3 is 0 Å². The molecule has 1 aliphatic heterocycles. The maximum atomic E-state index is 5.76. The molecular formula is C10H17N3O. The van der Waals surface area contributed by atoms with Crippen LogP contribution < -0.4 is 5.73 Å². The van der Waals surface area contributed by atoms with Crippen molar-refractivity contribution in [2.45, 2.75) is 39.5 Å². The van der Waals surface area contributed by atoms with Crippen LogP contribution in [0.1, 0.15) is 36.8 Å². The second-order valence-electron chi connectivity index (χ2n) is 3.92. The molecule has 4 heteroatoms. The fourth-order valence-electron chi connectivity index (χ4n) is 1.95. The van der Waals surface area contributed by atoms with Crippen molar-refractivity contribution in [2.24, 2.45) is 5.73 Å². The third-order valence-electron chi connectivity index (χ3n) is 2.62. The maximum absolute atomic E-state index is 5.76. The van der Waals surface area contributed by atoms with Gasteiger partial charge in [0.15, 0.2) is 0 Å². The normalized spacial score (nSPS) is 16.0. The highest BCUT2D eigenvalue weighted by Gasteiger charge is 2.20. The monoisotopic (exact) mass is 195 g/mol. The smallest absolute Gasteiger partial charge is 0.0918 e. The Morgan fingerprint density at radius 1 is 1.57 bits per heavy atom. The van der Waals surface area contributed by atoms with E-state index in [2.05, 4.69) is 18.9 Å². The summed E-state index contributed by atoms with van der Waals surface area (Å²) in [6, 6.07) is 0.374. The largest absolute Gasteiger partial charge is 0.375 e. The van der Waals surface area contributed by atoms with Gasteiger partial charge in [0, 0.05) is 18.2 Å². The minimum atomic E-state index is 0.374. The number of fused-ring (bicyclic) bond motifs is 1. The topological polar surface area (TPSA) is 53.1 Å². The number of nitrogens with two attached hydrogens (primary N) is 1. The van der Waals surface area contributed by atoms with Gasteiger partial charge in [0.1, 0.15) is 0 Å². The summed E-state index contributed by atoms with van der Waals surface area (Å²) in [6.07, 6.45) is 0.953. The molecule has 0 aliphatic carbocycles. The number of nitrogens with zero attached hydrogens (tertiary/aromatic N) is 2. The van der Waals surface area contributed by atoms with Crippen LogP contribution >= 0.6 is 0 Å². The highest BCUT2D eigenvalue weighted by Crippen LogP contribution is 2.22. The van der Waals surface area contributed by atoms with Crippen molar-refractivity contribution >= 4 is 0 Å². The molecule has 1 aliphatic rings. The number of ether oxygens (including phenoxy) is 1. The standard InChI is InChI=1S/C10H17N3O/c1-7(2)13-10(5-11)8-3-4-14-6-9(8)12-13/h7H,3-6,11H2,1-2H3. The van der Waals surface area contributed by atoms with E-state index in [4.69, 9.17) is 10.5 Å². The zero-order chi connectivity index (χ0) is 10.1. The lowest BCUT2D eigenvalue weighted by atomic mass is 10.1. The van der Waals surface area contributed by atoms with E-state index >= 15 is 0 Å². The minimum Gasteiger partial charge on any atom is -0.375 e. The van der Waals surface area contributed by atoms with Gasteiger partial charge in [0.25, 0.3) is 0 Å². The Morgan fingerprint density at radius 3 is 3.00 bits per heavy atom. The second kappa shape index (κ2) is 3.71. The van der Waals surface area contributed by atoms with Crippen LogP contribution in [0.2, 0.25) is 0 Å². The predicted molar refractivity (Wildman–Crippen MR) is 53.9 cm³/mol. The minimum absolute atomic E-state index is 0.374. The third-order valence-corrected chi connectivity index (χ3v) is 2.62. The van der Waals surface area contributed by atoms with Crippen molar-refractivity contribution < 1.29 is 4.74 Å². The van der Waals surface area contributed by atoms with E-state index in [9.17, 15) is 0 Å². The van der Waals surface area contributed by atoms with Gasteiger partial charge in [0.2, 0.25) is 0 Å². The summed E-state index contributed by atoms with van der Waals surface area (Å²) >= 11 is 0. The predicted octanol–water partition coefficient (Wildman–Crippen LogP) is 0.995. The molecule has 4 nitrogen and oxygen atoms in total. The summed E-state index contributed by atoms with van der Waals surface area (Å²) in [5.74, 6) is 0. The first-order valence-electron chi connectivity index (χ1n) is 5.11. The Morgan fingerprint density at radius 2 is 2.36 bits per heavy atom. The molecular weight excluding hydrogens is 178 g/mol. The Labute approximate surface area is 84.0 Å². The van der Waals surface area contributed by atoms with E-state index < -0.39 is 0 Å². The van der Waals surface area contributed by atoms with Gasteiger partial charge in [-0.1, -0.05) is 0 Å². The molecule has 1 aromatic heterocycles. The summed E-state index contributed by atoms with van der Waals surface area (Å²) in [7, 11) is 0. The van der Waals surface area contributed by atoms with Gasteiger partial charge < -0.3 is 10.5 Å². The van der Waals surface area contributed by atoms with E-state index in [0.717, 1.165) is 18.7 Å². The average molecular weight is 195 g/mol. The number of hydrogen-bond donors (Lipinski definition) is 1. The van der Waals surface area contributed by atoms with Crippen LogP contribution in [0, 0.1) is 0 Å². The van der Waals surface area contributed by atoms with Gasteiger partial charge in [-0.25, -0.2) is 0 Å². The van der Waals surface area contributed by atoms with Crippen LogP contribution in [0.5, 0.6) is 0 Å². The summed E-state index contributed by atoms with van der Waals surface area (Å²) in [6.45, 7) is 6.25. The molecule has 0 radical (unpaired) electrons. The number of hydrogen-bond acceptors (Lipinski definition) is 3. The molecule has 2 N–H and O–H groups in total.